The van der Waals surface area contributed by atoms with Gasteiger partial charge in [0.1, 0.15) is 23.0 Å². The summed E-state index contributed by atoms with van der Waals surface area (Å²) in [5.74, 6) is 1.64. The SMILES string of the molecule is C[C@H]1[C@H](n2c(N)c(C#N)c3nc4ccccc4nc32)CCC[C@@H]1C. The molecule has 24 heavy (non-hydrogen) atoms. The van der Waals surface area contributed by atoms with E-state index in [1.54, 1.807) is 0 Å². The fourth-order valence-corrected chi connectivity index (χ4v) is 4.05. The number of aromatic nitrogens is 3. The fraction of sp³-hybridized carbons (Fsp3) is 0.421. The maximum Gasteiger partial charge on any atom is 0.162 e. The lowest BCUT2D eigenvalue weighted by Gasteiger charge is -2.35. The van der Waals surface area contributed by atoms with E-state index >= 15 is 0 Å². The van der Waals surface area contributed by atoms with Crippen molar-refractivity contribution in [2.75, 3.05) is 5.73 Å². The van der Waals surface area contributed by atoms with Crippen LogP contribution in [0.5, 0.6) is 0 Å². The molecule has 0 unspecified atom stereocenters. The van der Waals surface area contributed by atoms with Gasteiger partial charge in [0.25, 0.3) is 0 Å². The number of nitrogen functional groups attached to an aromatic ring is 1. The summed E-state index contributed by atoms with van der Waals surface area (Å²) >= 11 is 0. The van der Waals surface area contributed by atoms with E-state index in [-0.39, 0.29) is 6.04 Å². The molecule has 3 aromatic rings. The average molecular weight is 319 g/mol. The van der Waals surface area contributed by atoms with Crippen molar-refractivity contribution in [3.63, 3.8) is 0 Å². The van der Waals surface area contributed by atoms with E-state index in [2.05, 4.69) is 29.5 Å². The molecule has 5 heteroatoms. The van der Waals surface area contributed by atoms with Gasteiger partial charge in [-0.1, -0.05) is 38.8 Å². The number of hydrogen-bond acceptors (Lipinski definition) is 4. The first-order chi connectivity index (χ1) is 11.6. The van der Waals surface area contributed by atoms with Crippen LogP contribution in [0.25, 0.3) is 22.2 Å². The van der Waals surface area contributed by atoms with E-state index in [9.17, 15) is 5.26 Å². The Morgan fingerprint density at radius 3 is 2.58 bits per heavy atom. The zero-order valence-electron chi connectivity index (χ0n) is 14.0. The van der Waals surface area contributed by atoms with Crippen molar-refractivity contribution < 1.29 is 0 Å². The van der Waals surface area contributed by atoms with Crippen LogP contribution in [-0.2, 0) is 0 Å². The molecule has 1 aliphatic carbocycles. The summed E-state index contributed by atoms with van der Waals surface area (Å²) in [6, 6.07) is 10.3. The zero-order valence-corrected chi connectivity index (χ0v) is 14.0. The number of benzene rings is 1. The number of nitrogens with two attached hydrogens (primary N) is 1. The molecule has 4 rings (SSSR count). The molecule has 0 amide bonds. The smallest absolute Gasteiger partial charge is 0.162 e. The molecule has 2 heterocycles. The highest BCUT2D eigenvalue weighted by molar-refractivity contribution is 5.92. The Morgan fingerprint density at radius 1 is 1.17 bits per heavy atom. The summed E-state index contributed by atoms with van der Waals surface area (Å²) in [5.41, 5.74) is 9.84. The second-order valence-corrected chi connectivity index (χ2v) is 6.96. The van der Waals surface area contributed by atoms with E-state index in [0.29, 0.717) is 28.7 Å². The molecule has 2 N–H and O–H groups in total. The number of nitriles is 1. The summed E-state index contributed by atoms with van der Waals surface area (Å²) in [7, 11) is 0. The topological polar surface area (TPSA) is 80.5 Å². The minimum absolute atomic E-state index is 0.272. The number of nitrogens with zero attached hydrogens (tertiary/aromatic N) is 4. The molecule has 122 valence electrons. The number of anilines is 1. The van der Waals surface area contributed by atoms with Crippen LogP contribution in [0, 0.1) is 23.2 Å². The first-order valence-corrected chi connectivity index (χ1v) is 8.58. The van der Waals surface area contributed by atoms with Gasteiger partial charge < -0.3 is 10.3 Å². The van der Waals surface area contributed by atoms with Crippen molar-refractivity contribution >= 4 is 28.0 Å². The van der Waals surface area contributed by atoms with E-state index in [1.165, 1.54) is 12.8 Å². The molecule has 1 aromatic carbocycles. The molecule has 0 saturated heterocycles. The minimum Gasteiger partial charge on any atom is -0.384 e. The monoisotopic (exact) mass is 319 g/mol. The predicted octanol–water partition coefficient (Wildman–Crippen LogP) is 4.04. The van der Waals surface area contributed by atoms with Crippen LogP contribution in [0.3, 0.4) is 0 Å². The van der Waals surface area contributed by atoms with Crippen LogP contribution >= 0.6 is 0 Å². The third-order valence-electron chi connectivity index (χ3n) is 5.64. The maximum atomic E-state index is 9.61. The van der Waals surface area contributed by atoms with Gasteiger partial charge in [-0.2, -0.15) is 5.26 Å². The lowest BCUT2D eigenvalue weighted by atomic mass is 9.78. The van der Waals surface area contributed by atoms with Gasteiger partial charge in [0.15, 0.2) is 5.65 Å². The number of rotatable bonds is 1. The molecule has 0 aliphatic heterocycles. The Balaban J connectivity index is 2.02. The summed E-state index contributed by atoms with van der Waals surface area (Å²) in [6.07, 6.45) is 3.49. The average Bonchev–Trinajstić information content (AvgIpc) is 2.86. The van der Waals surface area contributed by atoms with E-state index in [1.807, 2.05) is 24.3 Å². The van der Waals surface area contributed by atoms with Crippen LogP contribution in [0.1, 0.15) is 44.7 Å². The zero-order chi connectivity index (χ0) is 16.8. The molecule has 0 bridgehead atoms. The highest BCUT2D eigenvalue weighted by Gasteiger charge is 2.32. The summed E-state index contributed by atoms with van der Waals surface area (Å²) in [6.45, 7) is 4.57. The largest absolute Gasteiger partial charge is 0.384 e. The Morgan fingerprint density at radius 2 is 1.88 bits per heavy atom. The molecular formula is C19H21N5. The van der Waals surface area contributed by atoms with Crippen molar-refractivity contribution in [2.24, 2.45) is 11.8 Å². The van der Waals surface area contributed by atoms with Crippen molar-refractivity contribution in [3.05, 3.63) is 29.8 Å². The minimum atomic E-state index is 0.272. The number of para-hydroxylation sites is 2. The number of hydrogen-bond donors (Lipinski definition) is 1. The molecule has 1 saturated carbocycles. The quantitative estimate of drug-likeness (QED) is 0.734. The van der Waals surface area contributed by atoms with Crippen LogP contribution in [0.4, 0.5) is 5.82 Å². The first-order valence-electron chi connectivity index (χ1n) is 8.58. The molecule has 3 atom stereocenters. The molecule has 0 radical (unpaired) electrons. The van der Waals surface area contributed by atoms with Crippen LogP contribution < -0.4 is 5.73 Å². The highest BCUT2D eigenvalue weighted by atomic mass is 15.1. The first kappa shape index (κ1) is 14.9. The predicted molar refractivity (Wildman–Crippen MR) is 95.4 cm³/mol. The van der Waals surface area contributed by atoms with Gasteiger partial charge in [0.2, 0.25) is 0 Å². The Kier molecular flexibility index (Phi) is 3.42. The van der Waals surface area contributed by atoms with Crippen molar-refractivity contribution in [1.82, 2.24) is 14.5 Å². The molecule has 5 nitrogen and oxygen atoms in total. The summed E-state index contributed by atoms with van der Waals surface area (Å²) in [4.78, 5) is 9.49. The third kappa shape index (κ3) is 2.06. The van der Waals surface area contributed by atoms with Gasteiger partial charge in [-0.15, -0.1) is 0 Å². The van der Waals surface area contributed by atoms with Gasteiger partial charge in [-0.3, -0.25) is 0 Å². The van der Waals surface area contributed by atoms with Crippen LogP contribution in [0.15, 0.2) is 24.3 Å². The Hall–Kier alpha value is -2.61. The highest BCUT2D eigenvalue weighted by Crippen LogP contribution is 2.42. The van der Waals surface area contributed by atoms with Crippen LogP contribution in [0.2, 0.25) is 0 Å². The van der Waals surface area contributed by atoms with E-state index in [4.69, 9.17) is 10.7 Å². The Labute approximate surface area is 141 Å². The van der Waals surface area contributed by atoms with Gasteiger partial charge >= 0.3 is 0 Å². The van der Waals surface area contributed by atoms with Gasteiger partial charge in [0.05, 0.1) is 11.0 Å². The van der Waals surface area contributed by atoms with Gasteiger partial charge in [-0.25, -0.2) is 9.97 Å². The van der Waals surface area contributed by atoms with E-state index in [0.717, 1.165) is 23.1 Å². The molecular weight excluding hydrogens is 298 g/mol. The third-order valence-corrected chi connectivity index (χ3v) is 5.64. The lowest BCUT2D eigenvalue weighted by molar-refractivity contribution is 0.191. The molecule has 1 fully saturated rings. The van der Waals surface area contributed by atoms with Crippen molar-refractivity contribution in [1.29, 1.82) is 5.26 Å². The molecule has 2 aromatic heterocycles. The normalized spacial score (nSPS) is 24.3. The second kappa shape index (κ2) is 5.48. The fourth-order valence-electron chi connectivity index (χ4n) is 4.05. The van der Waals surface area contributed by atoms with Crippen molar-refractivity contribution in [3.8, 4) is 6.07 Å². The summed E-state index contributed by atoms with van der Waals surface area (Å²) in [5, 5.41) is 9.61. The second-order valence-electron chi connectivity index (χ2n) is 6.96. The van der Waals surface area contributed by atoms with Gasteiger partial charge in [0, 0.05) is 6.04 Å². The molecule has 1 aliphatic rings. The van der Waals surface area contributed by atoms with E-state index < -0.39 is 0 Å². The Bertz CT molecular complexity index is 965. The number of fused-ring (bicyclic) bond motifs is 2. The van der Waals surface area contributed by atoms with Crippen molar-refractivity contribution in [2.45, 2.75) is 39.2 Å². The summed E-state index contributed by atoms with van der Waals surface area (Å²) < 4.78 is 2.08. The van der Waals surface area contributed by atoms with Gasteiger partial charge in [-0.05, 0) is 30.4 Å². The standard InChI is InChI=1S/C19H21N5/c1-11-6-5-9-16(12(11)2)24-18(21)13(10-20)17-19(24)23-15-8-4-3-7-14(15)22-17/h3-4,7-8,11-12,16H,5-6,9,21H2,1-2H3/t11-,12+,16+/m0/s1. The lowest BCUT2D eigenvalue weighted by Crippen LogP contribution is -2.28. The molecule has 0 spiro atoms. The van der Waals surface area contributed by atoms with Crippen LogP contribution in [-0.4, -0.2) is 14.5 Å². The maximum absolute atomic E-state index is 9.61.